The molecule has 114 valence electrons. The summed E-state index contributed by atoms with van der Waals surface area (Å²) in [5, 5.41) is 2.73. The van der Waals surface area contributed by atoms with Crippen LogP contribution in [-0.4, -0.2) is 24.6 Å². The highest BCUT2D eigenvalue weighted by Crippen LogP contribution is 2.25. The number of rotatable bonds is 6. The molecule has 0 fully saturated rings. The van der Waals surface area contributed by atoms with Crippen molar-refractivity contribution in [2.45, 2.75) is 0 Å². The van der Waals surface area contributed by atoms with Gasteiger partial charge in [0.2, 0.25) is 0 Å². The second-order valence-corrected chi connectivity index (χ2v) is 4.87. The molecule has 0 radical (unpaired) electrons. The standard InChI is InChI=1S/C16H16N2O3S/c1-20-13-4-2-3-5-14(13)21-10-15(19)18-12-8-6-11(7-9-12)16(17)22/h2-9H,10H2,1H3,(H2,17,22)(H,18,19). The fourth-order valence-corrected chi connectivity index (χ4v) is 1.93. The van der Waals surface area contributed by atoms with Crippen LogP contribution >= 0.6 is 12.2 Å². The van der Waals surface area contributed by atoms with Gasteiger partial charge in [0.1, 0.15) is 4.99 Å². The lowest BCUT2D eigenvalue weighted by Crippen LogP contribution is -2.20. The van der Waals surface area contributed by atoms with Crippen LogP contribution in [0.4, 0.5) is 5.69 Å². The molecule has 0 saturated carbocycles. The lowest BCUT2D eigenvalue weighted by Gasteiger charge is -2.10. The Hall–Kier alpha value is -2.60. The zero-order valence-corrected chi connectivity index (χ0v) is 12.9. The fraction of sp³-hybridized carbons (Fsp3) is 0.125. The minimum atomic E-state index is -0.269. The predicted octanol–water partition coefficient (Wildman–Crippen LogP) is 2.35. The SMILES string of the molecule is COc1ccccc1OCC(=O)Nc1ccc(C(N)=S)cc1. The molecule has 0 saturated heterocycles. The van der Waals surface area contributed by atoms with Gasteiger partial charge in [0, 0.05) is 11.3 Å². The van der Waals surface area contributed by atoms with E-state index >= 15 is 0 Å². The van der Waals surface area contributed by atoms with Gasteiger partial charge in [0.25, 0.3) is 5.91 Å². The molecule has 2 aromatic carbocycles. The van der Waals surface area contributed by atoms with E-state index in [4.69, 9.17) is 27.4 Å². The van der Waals surface area contributed by atoms with Gasteiger partial charge < -0.3 is 20.5 Å². The number of methoxy groups -OCH3 is 1. The molecule has 0 aliphatic carbocycles. The monoisotopic (exact) mass is 316 g/mol. The Kier molecular flexibility index (Phi) is 5.32. The number of hydrogen-bond donors (Lipinski definition) is 2. The molecule has 0 aliphatic heterocycles. The summed E-state index contributed by atoms with van der Waals surface area (Å²) in [4.78, 5) is 12.2. The molecule has 0 unspecified atom stereocenters. The average Bonchev–Trinajstić information content (AvgIpc) is 2.53. The summed E-state index contributed by atoms with van der Waals surface area (Å²) in [6.45, 7) is -0.114. The Bertz CT molecular complexity index is 671. The highest BCUT2D eigenvalue weighted by molar-refractivity contribution is 7.80. The summed E-state index contributed by atoms with van der Waals surface area (Å²) in [6.07, 6.45) is 0. The smallest absolute Gasteiger partial charge is 0.262 e. The van der Waals surface area contributed by atoms with Gasteiger partial charge in [0.15, 0.2) is 18.1 Å². The lowest BCUT2D eigenvalue weighted by atomic mass is 10.2. The van der Waals surface area contributed by atoms with Crippen LogP contribution in [0.5, 0.6) is 11.5 Å². The number of anilines is 1. The number of para-hydroxylation sites is 2. The van der Waals surface area contributed by atoms with Crippen molar-refractivity contribution in [1.82, 2.24) is 0 Å². The van der Waals surface area contributed by atoms with E-state index in [0.717, 1.165) is 5.56 Å². The molecule has 3 N–H and O–H groups in total. The van der Waals surface area contributed by atoms with Crippen molar-refractivity contribution in [2.24, 2.45) is 5.73 Å². The molecule has 1 amide bonds. The van der Waals surface area contributed by atoms with Gasteiger partial charge in [0.05, 0.1) is 7.11 Å². The normalized spacial score (nSPS) is 9.86. The van der Waals surface area contributed by atoms with E-state index in [0.29, 0.717) is 22.2 Å². The van der Waals surface area contributed by atoms with Gasteiger partial charge >= 0.3 is 0 Å². The van der Waals surface area contributed by atoms with Crippen LogP contribution in [0.1, 0.15) is 5.56 Å². The Morgan fingerprint density at radius 1 is 1.14 bits per heavy atom. The van der Waals surface area contributed by atoms with Crippen LogP contribution in [0.15, 0.2) is 48.5 Å². The molecule has 0 bridgehead atoms. The van der Waals surface area contributed by atoms with Crippen LogP contribution in [0.25, 0.3) is 0 Å². The predicted molar refractivity (Wildman–Crippen MR) is 89.4 cm³/mol. The summed E-state index contributed by atoms with van der Waals surface area (Å²) >= 11 is 4.87. The second-order valence-electron chi connectivity index (χ2n) is 4.43. The second kappa shape index (κ2) is 7.42. The third-order valence-corrected chi connectivity index (χ3v) is 3.12. The van der Waals surface area contributed by atoms with Crippen molar-refractivity contribution in [2.75, 3.05) is 19.0 Å². The van der Waals surface area contributed by atoms with E-state index in [9.17, 15) is 4.79 Å². The molecule has 2 rings (SSSR count). The zero-order chi connectivity index (χ0) is 15.9. The van der Waals surface area contributed by atoms with Crippen molar-refractivity contribution >= 4 is 28.8 Å². The van der Waals surface area contributed by atoms with E-state index < -0.39 is 0 Å². The van der Waals surface area contributed by atoms with Crippen LogP contribution in [0.2, 0.25) is 0 Å². The van der Waals surface area contributed by atoms with Gasteiger partial charge in [-0.3, -0.25) is 4.79 Å². The Morgan fingerprint density at radius 3 is 2.36 bits per heavy atom. The topological polar surface area (TPSA) is 73.6 Å². The van der Waals surface area contributed by atoms with Gasteiger partial charge in [-0.1, -0.05) is 24.4 Å². The lowest BCUT2D eigenvalue weighted by molar-refractivity contribution is -0.118. The molecule has 0 atom stereocenters. The number of nitrogens with two attached hydrogens (primary N) is 1. The van der Waals surface area contributed by atoms with Crippen molar-refractivity contribution in [3.8, 4) is 11.5 Å². The molecule has 0 spiro atoms. The molecular weight excluding hydrogens is 300 g/mol. The summed E-state index contributed by atoms with van der Waals surface area (Å²) in [7, 11) is 1.55. The maximum absolute atomic E-state index is 11.9. The number of thiocarbonyl (C=S) groups is 1. The van der Waals surface area contributed by atoms with Crippen LogP contribution < -0.4 is 20.5 Å². The van der Waals surface area contributed by atoms with Gasteiger partial charge in [-0.15, -0.1) is 0 Å². The first-order valence-corrected chi connectivity index (χ1v) is 6.96. The molecular formula is C16H16N2O3S. The highest BCUT2D eigenvalue weighted by atomic mass is 32.1. The molecule has 0 aliphatic rings. The first-order valence-electron chi connectivity index (χ1n) is 6.55. The first-order chi connectivity index (χ1) is 10.6. The van der Waals surface area contributed by atoms with E-state index in [1.165, 1.54) is 0 Å². The summed E-state index contributed by atoms with van der Waals surface area (Å²) < 4.78 is 10.6. The van der Waals surface area contributed by atoms with Crippen molar-refractivity contribution in [3.63, 3.8) is 0 Å². The number of ether oxygens (including phenoxy) is 2. The largest absolute Gasteiger partial charge is 0.493 e. The minimum Gasteiger partial charge on any atom is -0.493 e. The van der Waals surface area contributed by atoms with Crippen LogP contribution in [0, 0.1) is 0 Å². The molecule has 0 aromatic heterocycles. The van der Waals surface area contributed by atoms with Gasteiger partial charge in [-0.05, 0) is 36.4 Å². The van der Waals surface area contributed by atoms with E-state index in [-0.39, 0.29) is 12.5 Å². The van der Waals surface area contributed by atoms with E-state index in [2.05, 4.69) is 5.32 Å². The van der Waals surface area contributed by atoms with Crippen LogP contribution in [0.3, 0.4) is 0 Å². The van der Waals surface area contributed by atoms with Gasteiger partial charge in [-0.2, -0.15) is 0 Å². The van der Waals surface area contributed by atoms with Crippen molar-refractivity contribution in [3.05, 3.63) is 54.1 Å². The minimum absolute atomic E-state index is 0.114. The third-order valence-electron chi connectivity index (χ3n) is 2.88. The van der Waals surface area contributed by atoms with E-state index in [1.54, 1.807) is 43.5 Å². The number of carbonyl (C=O) groups excluding carboxylic acids is 1. The quantitative estimate of drug-likeness (QED) is 0.800. The Morgan fingerprint density at radius 2 is 1.77 bits per heavy atom. The number of carbonyl (C=O) groups is 1. The third kappa shape index (κ3) is 4.20. The summed E-state index contributed by atoms with van der Waals surface area (Å²) in [5.74, 6) is 0.828. The Labute approximate surface area is 134 Å². The number of amides is 1. The highest BCUT2D eigenvalue weighted by Gasteiger charge is 2.07. The number of hydrogen-bond acceptors (Lipinski definition) is 4. The molecule has 5 nitrogen and oxygen atoms in total. The zero-order valence-electron chi connectivity index (χ0n) is 12.0. The van der Waals surface area contributed by atoms with E-state index in [1.807, 2.05) is 12.1 Å². The fourth-order valence-electron chi connectivity index (χ4n) is 1.80. The molecule has 2 aromatic rings. The summed E-state index contributed by atoms with van der Waals surface area (Å²) in [6, 6.07) is 14.1. The molecule has 6 heteroatoms. The number of nitrogens with one attached hydrogen (secondary N) is 1. The molecule has 22 heavy (non-hydrogen) atoms. The van der Waals surface area contributed by atoms with Crippen molar-refractivity contribution in [1.29, 1.82) is 0 Å². The van der Waals surface area contributed by atoms with Crippen molar-refractivity contribution < 1.29 is 14.3 Å². The first kappa shape index (κ1) is 15.8. The van der Waals surface area contributed by atoms with Crippen LogP contribution in [-0.2, 0) is 4.79 Å². The Balaban J connectivity index is 1.91. The number of benzene rings is 2. The van der Waals surface area contributed by atoms with Gasteiger partial charge in [-0.25, -0.2) is 0 Å². The average molecular weight is 316 g/mol. The maximum atomic E-state index is 11.9. The maximum Gasteiger partial charge on any atom is 0.262 e. The summed E-state index contributed by atoms with van der Waals surface area (Å²) in [5.41, 5.74) is 6.91. The molecule has 0 heterocycles.